The number of benzene rings is 1. The Morgan fingerprint density at radius 3 is 2.89 bits per heavy atom. The third kappa shape index (κ3) is 2.73. The van der Waals surface area contributed by atoms with Gasteiger partial charge in [0.2, 0.25) is 0 Å². The molecule has 0 atom stereocenters. The quantitative estimate of drug-likeness (QED) is 0.795. The molecule has 0 aliphatic carbocycles. The van der Waals surface area contributed by atoms with Crippen molar-refractivity contribution in [1.29, 1.82) is 0 Å². The molecule has 1 aromatic heterocycles. The summed E-state index contributed by atoms with van der Waals surface area (Å²) in [6.45, 7) is 1.95. The van der Waals surface area contributed by atoms with Gasteiger partial charge in [0, 0.05) is 12.1 Å². The van der Waals surface area contributed by atoms with Gasteiger partial charge in [-0.2, -0.15) is 0 Å². The standard InChI is InChI=1S/C13H12FNO4/c1-3-18-13(16)10-7-12(19-15-10)9-5-4-8(14)6-11(9)17-2/h4-7H,3H2,1-2H3. The molecular weight excluding hydrogens is 253 g/mol. The lowest BCUT2D eigenvalue weighted by molar-refractivity contribution is 0.0514. The van der Waals surface area contributed by atoms with Crippen LogP contribution in [-0.2, 0) is 4.74 Å². The van der Waals surface area contributed by atoms with Crippen LogP contribution in [0.15, 0.2) is 28.8 Å². The molecule has 1 aromatic carbocycles. The second-order valence-corrected chi connectivity index (χ2v) is 3.64. The molecule has 6 heteroatoms. The maximum absolute atomic E-state index is 13.1. The highest BCUT2D eigenvalue weighted by Gasteiger charge is 2.17. The normalized spacial score (nSPS) is 10.3. The van der Waals surface area contributed by atoms with Crippen molar-refractivity contribution in [2.75, 3.05) is 13.7 Å². The number of halogens is 1. The second-order valence-electron chi connectivity index (χ2n) is 3.64. The topological polar surface area (TPSA) is 61.6 Å². The molecule has 100 valence electrons. The van der Waals surface area contributed by atoms with Crippen LogP contribution in [0.1, 0.15) is 17.4 Å². The van der Waals surface area contributed by atoms with Crippen molar-refractivity contribution in [2.45, 2.75) is 6.92 Å². The Kier molecular flexibility index (Phi) is 3.79. The summed E-state index contributed by atoms with van der Waals surface area (Å²) < 4.78 is 28.0. The average molecular weight is 265 g/mol. The van der Waals surface area contributed by atoms with Gasteiger partial charge < -0.3 is 14.0 Å². The molecule has 0 bridgehead atoms. The molecule has 0 aliphatic rings. The fourth-order valence-corrected chi connectivity index (χ4v) is 1.57. The molecule has 1 heterocycles. The summed E-state index contributed by atoms with van der Waals surface area (Å²) in [6, 6.07) is 5.41. The van der Waals surface area contributed by atoms with Gasteiger partial charge in [-0.25, -0.2) is 9.18 Å². The van der Waals surface area contributed by atoms with Gasteiger partial charge >= 0.3 is 5.97 Å². The van der Waals surface area contributed by atoms with Crippen molar-refractivity contribution in [1.82, 2.24) is 5.16 Å². The number of ether oxygens (including phenoxy) is 2. The number of carbonyl (C=O) groups is 1. The number of nitrogens with zero attached hydrogens (tertiary/aromatic N) is 1. The zero-order valence-corrected chi connectivity index (χ0v) is 10.5. The van der Waals surface area contributed by atoms with Gasteiger partial charge in [0.05, 0.1) is 19.3 Å². The number of esters is 1. The molecule has 0 spiro atoms. The van der Waals surface area contributed by atoms with E-state index in [4.69, 9.17) is 14.0 Å². The largest absolute Gasteiger partial charge is 0.496 e. The fraction of sp³-hybridized carbons (Fsp3) is 0.231. The maximum Gasteiger partial charge on any atom is 0.360 e. The first-order valence-electron chi connectivity index (χ1n) is 5.63. The Bertz CT molecular complexity index is 594. The molecule has 0 aliphatic heterocycles. The first-order chi connectivity index (χ1) is 9.15. The SMILES string of the molecule is CCOC(=O)c1cc(-c2ccc(F)cc2OC)on1. The number of hydrogen-bond acceptors (Lipinski definition) is 5. The number of carbonyl (C=O) groups excluding carboxylic acids is 1. The molecule has 19 heavy (non-hydrogen) atoms. The van der Waals surface area contributed by atoms with Crippen molar-refractivity contribution in [3.05, 3.63) is 35.8 Å². The summed E-state index contributed by atoms with van der Waals surface area (Å²) in [7, 11) is 1.42. The molecule has 0 saturated heterocycles. The predicted octanol–water partition coefficient (Wildman–Crippen LogP) is 2.67. The number of hydrogen-bond donors (Lipinski definition) is 0. The number of aromatic nitrogens is 1. The monoisotopic (exact) mass is 265 g/mol. The van der Waals surface area contributed by atoms with Crippen molar-refractivity contribution in [3.63, 3.8) is 0 Å². The van der Waals surface area contributed by atoms with Gasteiger partial charge in [0.1, 0.15) is 11.6 Å². The Hall–Kier alpha value is -2.37. The van der Waals surface area contributed by atoms with Crippen LogP contribution in [0, 0.1) is 5.82 Å². The van der Waals surface area contributed by atoms with E-state index in [0.29, 0.717) is 17.1 Å². The van der Waals surface area contributed by atoms with Crippen molar-refractivity contribution in [2.24, 2.45) is 0 Å². The third-order valence-electron chi connectivity index (χ3n) is 2.42. The number of rotatable bonds is 4. The molecule has 0 unspecified atom stereocenters. The summed E-state index contributed by atoms with van der Waals surface area (Å²) >= 11 is 0. The summed E-state index contributed by atoms with van der Waals surface area (Å²) in [4.78, 5) is 11.5. The Labute approximate surface area is 108 Å². The van der Waals surface area contributed by atoms with Crippen LogP contribution in [0.5, 0.6) is 5.75 Å². The molecule has 0 radical (unpaired) electrons. The van der Waals surface area contributed by atoms with Gasteiger partial charge in [0.25, 0.3) is 0 Å². The molecule has 0 N–H and O–H groups in total. The molecule has 0 saturated carbocycles. The van der Waals surface area contributed by atoms with Gasteiger partial charge in [-0.3, -0.25) is 0 Å². The van der Waals surface area contributed by atoms with Crippen molar-refractivity contribution < 1.29 is 23.2 Å². The van der Waals surface area contributed by atoms with Crippen LogP contribution < -0.4 is 4.74 Å². The minimum absolute atomic E-state index is 0.0585. The zero-order chi connectivity index (χ0) is 13.8. The van der Waals surface area contributed by atoms with E-state index in [2.05, 4.69) is 5.16 Å². The second kappa shape index (κ2) is 5.51. The van der Waals surface area contributed by atoms with Gasteiger partial charge in [-0.15, -0.1) is 0 Å². The van der Waals surface area contributed by atoms with Crippen LogP contribution in [0.25, 0.3) is 11.3 Å². The average Bonchev–Trinajstić information content (AvgIpc) is 2.88. The maximum atomic E-state index is 13.1. The lowest BCUT2D eigenvalue weighted by atomic mass is 10.1. The van der Waals surface area contributed by atoms with E-state index < -0.39 is 11.8 Å². The van der Waals surface area contributed by atoms with Crippen LogP contribution in [0.2, 0.25) is 0 Å². The van der Waals surface area contributed by atoms with Gasteiger partial charge in [-0.1, -0.05) is 5.16 Å². The van der Waals surface area contributed by atoms with E-state index in [-0.39, 0.29) is 12.3 Å². The van der Waals surface area contributed by atoms with Gasteiger partial charge in [-0.05, 0) is 19.1 Å². The highest BCUT2D eigenvalue weighted by molar-refractivity contribution is 5.88. The van der Waals surface area contributed by atoms with E-state index in [1.807, 2.05) is 0 Å². The van der Waals surface area contributed by atoms with E-state index in [9.17, 15) is 9.18 Å². The van der Waals surface area contributed by atoms with E-state index >= 15 is 0 Å². The Morgan fingerprint density at radius 2 is 2.21 bits per heavy atom. The minimum atomic E-state index is -0.571. The van der Waals surface area contributed by atoms with E-state index in [1.165, 1.54) is 31.4 Å². The molecule has 2 aromatic rings. The lowest BCUT2D eigenvalue weighted by Gasteiger charge is -2.04. The van der Waals surface area contributed by atoms with E-state index in [1.54, 1.807) is 6.92 Å². The number of methoxy groups -OCH3 is 1. The van der Waals surface area contributed by atoms with Crippen LogP contribution >= 0.6 is 0 Å². The summed E-state index contributed by atoms with van der Waals surface area (Å²) in [6.07, 6.45) is 0. The summed E-state index contributed by atoms with van der Waals surface area (Å²) in [5.74, 6) is -0.393. The van der Waals surface area contributed by atoms with E-state index in [0.717, 1.165) is 0 Å². The van der Waals surface area contributed by atoms with Crippen LogP contribution in [0.4, 0.5) is 4.39 Å². The molecule has 0 amide bonds. The van der Waals surface area contributed by atoms with Crippen LogP contribution in [-0.4, -0.2) is 24.8 Å². The minimum Gasteiger partial charge on any atom is -0.496 e. The Balaban J connectivity index is 2.35. The predicted molar refractivity (Wildman–Crippen MR) is 64.4 cm³/mol. The summed E-state index contributed by atoms with van der Waals surface area (Å²) in [5, 5.41) is 3.61. The first-order valence-corrected chi connectivity index (χ1v) is 5.63. The molecular formula is C13H12FNO4. The van der Waals surface area contributed by atoms with Crippen molar-refractivity contribution >= 4 is 5.97 Å². The highest BCUT2D eigenvalue weighted by atomic mass is 19.1. The fourth-order valence-electron chi connectivity index (χ4n) is 1.57. The Morgan fingerprint density at radius 1 is 1.42 bits per heavy atom. The third-order valence-corrected chi connectivity index (χ3v) is 2.42. The smallest absolute Gasteiger partial charge is 0.360 e. The molecule has 0 fully saturated rings. The van der Waals surface area contributed by atoms with Crippen molar-refractivity contribution in [3.8, 4) is 17.1 Å². The van der Waals surface area contributed by atoms with Gasteiger partial charge in [0.15, 0.2) is 11.5 Å². The van der Waals surface area contributed by atoms with Crippen LogP contribution in [0.3, 0.4) is 0 Å². The zero-order valence-electron chi connectivity index (χ0n) is 10.5. The summed E-state index contributed by atoms with van der Waals surface area (Å²) in [5.41, 5.74) is 0.565. The molecule has 5 nitrogen and oxygen atoms in total. The first kappa shape index (κ1) is 13.1. The molecule has 2 rings (SSSR count). The lowest BCUT2D eigenvalue weighted by Crippen LogP contribution is -2.04. The highest BCUT2D eigenvalue weighted by Crippen LogP contribution is 2.31.